The molecule has 0 unspecified atom stereocenters. The minimum absolute atomic E-state index is 0.323. The molecule has 0 aromatic rings. The van der Waals surface area contributed by atoms with Crippen molar-refractivity contribution in [3.8, 4) is 0 Å². The molecule has 0 saturated heterocycles. The van der Waals surface area contributed by atoms with Crippen molar-refractivity contribution in [3.05, 3.63) is 0 Å². The van der Waals surface area contributed by atoms with E-state index in [2.05, 4.69) is 27.7 Å². The first-order chi connectivity index (χ1) is 8.97. The number of hydrogen-bond acceptors (Lipinski definition) is 2. The van der Waals surface area contributed by atoms with Crippen LogP contribution in [0.2, 0.25) is 5.04 Å². The lowest BCUT2D eigenvalue weighted by atomic mass is 9.56. The summed E-state index contributed by atoms with van der Waals surface area (Å²) in [4.78, 5) is 0. The largest absolute Gasteiger partial charge is 0.394 e. The second-order valence-corrected chi connectivity index (χ2v) is 10.4. The Morgan fingerprint density at radius 3 is 1.47 bits per heavy atom. The van der Waals surface area contributed by atoms with Crippen molar-refractivity contribution in [1.82, 2.24) is 0 Å². The fraction of sp³-hybridized carbons (Fsp3) is 1.00. The molecule has 4 bridgehead atoms. The van der Waals surface area contributed by atoms with Crippen LogP contribution in [-0.4, -0.2) is 21.5 Å². The fourth-order valence-electron chi connectivity index (χ4n) is 5.28. The molecule has 0 amide bonds. The van der Waals surface area contributed by atoms with Crippen LogP contribution in [0.3, 0.4) is 0 Å². The summed E-state index contributed by atoms with van der Waals surface area (Å²) in [6.07, 6.45) is 9.39. The number of hydrogen-bond donors (Lipinski definition) is 0. The van der Waals surface area contributed by atoms with Gasteiger partial charge in [0.1, 0.15) is 0 Å². The first kappa shape index (κ1) is 14.1. The first-order valence-electron chi connectivity index (χ1n) is 8.28. The van der Waals surface area contributed by atoms with E-state index in [0.29, 0.717) is 17.2 Å². The second kappa shape index (κ2) is 5.16. The maximum atomic E-state index is 6.36. The van der Waals surface area contributed by atoms with Gasteiger partial charge in [-0.15, -0.1) is 0 Å². The third-order valence-corrected chi connectivity index (χ3v) is 8.67. The monoisotopic (exact) mass is 282 g/mol. The molecule has 0 aromatic carbocycles. The van der Waals surface area contributed by atoms with Gasteiger partial charge in [-0.3, -0.25) is 0 Å². The Morgan fingerprint density at radius 1 is 0.789 bits per heavy atom. The SMILES string of the molecule is CC(C)O[SiH](OC(C)C)C12CC3CC(CC(C3)C1)C2. The third kappa shape index (κ3) is 2.79. The van der Waals surface area contributed by atoms with Crippen LogP contribution in [0.1, 0.15) is 66.2 Å². The van der Waals surface area contributed by atoms with Gasteiger partial charge in [-0.05, 0) is 84.0 Å². The van der Waals surface area contributed by atoms with Crippen molar-refractivity contribution in [2.45, 2.75) is 83.5 Å². The van der Waals surface area contributed by atoms with Gasteiger partial charge in [0.25, 0.3) is 0 Å². The summed E-state index contributed by atoms with van der Waals surface area (Å²) in [5.41, 5.74) is 0. The second-order valence-electron chi connectivity index (χ2n) is 7.98. The lowest BCUT2D eigenvalue weighted by Gasteiger charge is -2.58. The topological polar surface area (TPSA) is 18.5 Å². The van der Waals surface area contributed by atoms with Crippen molar-refractivity contribution < 1.29 is 8.85 Å². The van der Waals surface area contributed by atoms with Crippen LogP contribution in [0.15, 0.2) is 0 Å². The molecule has 4 rings (SSSR count). The molecule has 0 N–H and O–H groups in total. The molecule has 4 aliphatic rings. The lowest BCUT2D eigenvalue weighted by Crippen LogP contribution is -2.52. The molecular formula is C16H30O2Si. The smallest absolute Gasteiger partial charge is 0.328 e. The predicted octanol–water partition coefficient (Wildman–Crippen LogP) is 4.03. The maximum absolute atomic E-state index is 6.36. The summed E-state index contributed by atoms with van der Waals surface area (Å²) in [6, 6.07) is 0. The molecular weight excluding hydrogens is 252 g/mol. The van der Waals surface area contributed by atoms with Crippen molar-refractivity contribution >= 4 is 9.28 Å². The molecule has 0 atom stereocenters. The highest BCUT2D eigenvalue weighted by atomic mass is 28.3. The molecule has 3 heteroatoms. The van der Waals surface area contributed by atoms with Crippen molar-refractivity contribution in [3.63, 3.8) is 0 Å². The van der Waals surface area contributed by atoms with Crippen LogP contribution < -0.4 is 0 Å². The number of rotatable bonds is 5. The average Bonchev–Trinajstić information content (AvgIpc) is 2.24. The van der Waals surface area contributed by atoms with Crippen LogP contribution in [0.5, 0.6) is 0 Å². The summed E-state index contributed by atoms with van der Waals surface area (Å²) >= 11 is 0. The van der Waals surface area contributed by atoms with Gasteiger partial charge in [-0.25, -0.2) is 0 Å². The Morgan fingerprint density at radius 2 is 1.16 bits per heavy atom. The molecule has 0 radical (unpaired) electrons. The van der Waals surface area contributed by atoms with E-state index >= 15 is 0 Å². The molecule has 19 heavy (non-hydrogen) atoms. The zero-order valence-electron chi connectivity index (χ0n) is 13.0. The molecule has 0 spiro atoms. The normalized spacial score (nSPS) is 40.9. The highest BCUT2D eigenvalue weighted by Crippen LogP contribution is 2.65. The zero-order valence-corrected chi connectivity index (χ0v) is 14.2. The van der Waals surface area contributed by atoms with Gasteiger partial charge in [-0.1, -0.05) is 0 Å². The zero-order chi connectivity index (χ0) is 13.6. The van der Waals surface area contributed by atoms with Crippen LogP contribution >= 0.6 is 0 Å². The highest BCUT2D eigenvalue weighted by Gasteiger charge is 2.56. The standard InChI is InChI=1S/C16H30O2Si/c1-11(2)17-19(18-12(3)4)16-8-13-5-14(9-16)7-15(6-13)10-16/h11-15,19H,5-10H2,1-4H3. The van der Waals surface area contributed by atoms with Crippen LogP contribution in [0.4, 0.5) is 0 Å². The van der Waals surface area contributed by atoms with E-state index in [4.69, 9.17) is 8.85 Å². The van der Waals surface area contributed by atoms with Crippen molar-refractivity contribution in [1.29, 1.82) is 0 Å². The third-order valence-electron chi connectivity index (χ3n) is 5.38. The minimum Gasteiger partial charge on any atom is -0.394 e. The van der Waals surface area contributed by atoms with E-state index in [0.717, 1.165) is 17.8 Å². The van der Waals surface area contributed by atoms with Gasteiger partial charge in [-0.2, -0.15) is 0 Å². The van der Waals surface area contributed by atoms with Gasteiger partial charge in [0.15, 0.2) is 0 Å². The summed E-state index contributed by atoms with van der Waals surface area (Å²) in [6.45, 7) is 8.68. The summed E-state index contributed by atoms with van der Waals surface area (Å²) < 4.78 is 12.7. The summed E-state index contributed by atoms with van der Waals surface area (Å²) in [5.74, 6) is 2.98. The lowest BCUT2D eigenvalue weighted by molar-refractivity contribution is -0.00489. The van der Waals surface area contributed by atoms with Gasteiger partial charge in [0.05, 0.1) is 0 Å². The van der Waals surface area contributed by atoms with Crippen LogP contribution in [-0.2, 0) is 8.85 Å². The van der Waals surface area contributed by atoms with Crippen LogP contribution in [0.25, 0.3) is 0 Å². The Bertz CT molecular complexity index is 281. The molecule has 4 saturated carbocycles. The van der Waals surface area contributed by atoms with E-state index in [1.807, 2.05) is 0 Å². The average molecular weight is 282 g/mol. The molecule has 0 heterocycles. The summed E-state index contributed by atoms with van der Waals surface area (Å²) in [7, 11) is -1.56. The highest BCUT2D eigenvalue weighted by molar-refractivity contribution is 6.49. The Balaban J connectivity index is 1.80. The van der Waals surface area contributed by atoms with Crippen molar-refractivity contribution in [2.24, 2.45) is 17.8 Å². The molecule has 110 valence electrons. The molecule has 2 nitrogen and oxygen atoms in total. The Hall–Kier alpha value is 0.137. The van der Waals surface area contributed by atoms with E-state index in [1.54, 1.807) is 0 Å². The fourth-order valence-corrected chi connectivity index (χ4v) is 8.49. The molecule has 0 aliphatic heterocycles. The van der Waals surface area contributed by atoms with E-state index in [-0.39, 0.29) is 0 Å². The van der Waals surface area contributed by atoms with Gasteiger partial charge in [0.2, 0.25) is 0 Å². The van der Waals surface area contributed by atoms with Gasteiger partial charge in [0, 0.05) is 17.2 Å². The summed E-state index contributed by atoms with van der Waals surface area (Å²) in [5, 5.41) is 0.475. The van der Waals surface area contributed by atoms with Gasteiger partial charge >= 0.3 is 9.28 Å². The molecule has 4 aliphatic carbocycles. The van der Waals surface area contributed by atoms with E-state index < -0.39 is 9.28 Å². The Labute approximate surface area is 120 Å². The van der Waals surface area contributed by atoms with Crippen molar-refractivity contribution in [2.75, 3.05) is 0 Å². The molecule has 4 fully saturated rings. The first-order valence-corrected chi connectivity index (χ1v) is 9.80. The predicted molar refractivity (Wildman–Crippen MR) is 80.5 cm³/mol. The van der Waals surface area contributed by atoms with Crippen LogP contribution in [0, 0.1) is 17.8 Å². The Kier molecular flexibility index (Phi) is 3.82. The maximum Gasteiger partial charge on any atom is 0.328 e. The van der Waals surface area contributed by atoms with Gasteiger partial charge < -0.3 is 8.85 Å². The van der Waals surface area contributed by atoms with E-state index in [1.165, 1.54) is 38.5 Å². The van der Waals surface area contributed by atoms with E-state index in [9.17, 15) is 0 Å². The minimum atomic E-state index is -1.56. The molecule has 0 aromatic heterocycles. The quantitative estimate of drug-likeness (QED) is 0.709.